The summed E-state index contributed by atoms with van der Waals surface area (Å²) in [5.41, 5.74) is 0. The molecule has 0 saturated heterocycles. The number of allylic oxidation sites excluding steroid dienone is 16. The second-order valence-electron chi connectivity index (χ2n) is 17.1. The molecule has 0 aliphatic heterocycles. The molecule has 1 unspecified atom stereocenters. The van der Waals surface area contributed by atoms with E-state index in [1.165, 1.54) is 89.9 Å². The molecule has 0 aromatic carbocycles. The van der Waals surface area contributed by atoms with E-state index in [0.29, 0.717) is 19.3 Å². The first-order valence-electron chi connectivity index (χ1n) is 26.3. The number of ether oxygens (including phenoxy) is 3. The quantitative estimate of drug-likeness (QED) is 0.0199. The van der Waals surface area contributed by atoms with Gasteiger partial charge in [0, 0.05) is 19.3 Å². The number of unbranched alkanes of at least 4 members (excludes halogenated alkanes) is 21. The molecule has 64 heavy (non-hydrogen) atoms. The van der Waals surface area contributed by atoms with Gasteiger partial charge in [-0.25, -0.2) is 0 Å². The van der Waals surface area contributed by atoms with Crippen LogP contribution in [-0.4, -0.2) is 37.2 Å². The van der Waals surface area contributed by atoms with E-state index in [2.05, 4.69) is 118 Å². The van der Waals surface area contributed by atoms with E-state index in [0.717, 1.165) is 96.3 Å². The molecule has 364 valence electrons. The Hall–Kier alpha value is -3.67. The molecule has 0 rings (SSSR count). The van der Waals surface area contributed by atoms with Gasteiger partial charge in [-0.05, 0) is 103 Å². The molecule has 0 N–H and O–H groups in total. The van der Waals surface area contributed by atoms with Gasteiger partial charge in [-0.15, -0.1) is 0 Å². The molecule has 6 heteroatoms. The second kappa shape index (κ2) is 52.0. The number of rotatable bonds is 46. The van der Waals surface area contributed by atoms with Crippen molar-refractivity contribution in [2.24, 2.45) is 0 Å². The van der Waals surface area contributed by atoms with Crippen LogP contribution in [0.5, 0.6) is 0 Å². The Morgan fingerprint density at radius 2 is 0.641 bits per heavy atom. The van der Waals surface area contributed by atoms with Gasteiger partial charge in [-0.1, -0.05) is 208 Å². The van der Waals surface area contributed by atoms with Crippen molar-refractivity contribution >= 4 is 17.9 Å². The Kier molecular flexibility index (Phi) is 49.0. The fourth-order valence-corrected chi connectivity index (χ4v) is 6.81. The van der Waals surface area contributed by atoms with Gasteiger partial charge in [0.05, 0.1) is 0 Å². The molecule has 0 aliphatic carbocycles. The minimum Gasteiger partial charge on any atom is -0.462 e. The van der Waals surface area contributed by atoms with Crippen LogP contribution in [0.2, 0.25) is 0 Å². The van der Waals surface area contributed by atoms with Crippen molar-refractivity contribution in [1.29, 1.82) is 0 Å². The summed E-state index contributed by atoms with van der Waals surface area (Å²) in [6, 6.07) is 0. The van der Waals surface area contributed by atoms with Gasteiger partial charge in [-0.3, -0.25) is 14.4 Å². The average Bonchev–Trinajstić information content (AvgIpc) is 3.29. The molecule has 0 aromatic rings. The lowest BCUT2D eigenvalue weighted by Gasteiger charge is -2.18. The smallest absolute Gasteiger partial charge is 0.306 e. The predicted molar refractivity (Wildman–Crippen MR) is 274 cm³/mol. The first kappa shape index (κ1) is 60.3. The van der Waals surface area contributed by atoms with Crippen LogP contribution in [0, 0.1) is 0 Å². The van der Waals surface area contributed by atoms with Gasteiger partial charge in [0.15, 0.2) is 6.10 Å². The topological polar surface area (TPSA) is 78.9 Å². The number of carbonyl (C=O) groups is 3. The highest BCUT2D eigenvalue weighted by Crippen LogP contribution is 2.12. The van der Waals surface area contributed by atoms with Crippen LogP contribution in [0.4, 0.5) is 0 Å². The van der Waals surface area contributed by atoms with Gasteiger partial charge in [0.2, 0.25) is 0 Å². The van der Waals surface area contributed by atoms with Crippen molar-refractivity contribution in [1.82, 2.24) is 0 Å². The standard InChI is InChI=1S/C58H96O6/c1-4-7-10-13-16-19-22-24-26-28-30-31-33-36-39-42-45-48-51-57(60)63-54-55(53-62-56(59)50-47-44-41-38-35-21-18-15-12-9-6-3)64-58(61)52-49-46-43-40-37-34-32-29-27-25-23-20-17-14-11-8-5-2/h15,17-18,20-21,25-28,30-32,34-35,40,43,55H,4-14,16,19,22-24,29,33,36-39,41-42,44-54H2,1-3H3/b18-15-,20-17-,27-25-,28-26-,31-30-,34-32-,35-21-,43-40-. The molecular weight excluding hydrogens is 793 g/mol. The third-order valence-electron chi connectivity index (χ3n) is 10.8. The summed E-state index contributed by atoms with van der Waals surface area (Å²) in [6.45, 7) is 6.46. The van der Waals surface area contributed by atoms with Crippen molar-refractivity contribution in [3.63, 3.8) is 0 Å². The van der Waals surface area contributed by atoms with E-state index >= 15 is 0 Å². The van der Waals surface area contributed by atoms with Crippen molar-refractivity contribution < 1.29 is 28.6 Å². The summed E-state index contributed by atoms with van der Waals surface area (Å²) in [5, 5.41) is 0. The maximum absolute atomic E-state index is 12.8. The first-order valence-corrected chi connectivity index (χ1v) is 26.3. The van der Waals surface area contributed by atoms with Crippen LogP contribution in [0.3, 0.4) is 0 Å². The summed E-state index contributed by atoms with van der Waals surface area (Å²) in [5.74, 6) is -1.02. The molecule has 0 amide bonds. The largest absolute Gasteiger partial charge is 0.462 e. The highest BCUT2D eigenvalue weighted by atomic mass is 16.6. The molecule has 0 bridgehead atoms. The van der Waals surface area contributed by atoms with Crippen LogP contribution >= 0.6 is 0 Å². The highest BCUT2D eigenvalue weighted by molar-refractivity contribution is 5.71. The van der Waals surface area contributed by atoms with Crippen molar-refractivity contribution in [3.8, 4) is 0 Å². The normalized spacial score (nSPS) is 12.9. The fourth-order valence-electron chi connectivity index (χ4n) is 6.81. The van der Waals surface area contributed by atoms with E-state index in [1.807, 2.05) is 0 Å². The van der Waals surface area contributed by atoms with Gasteiger partial charge < -0.3 is 14.2 Å². The van der Waals surface area contributed by atoms with E-state index < -0.39 is 6.10 Å². The van der Waals surface area contributed by atoms with Crippen LogP contribution < -0.4 is 0 Å². The Labute approximate surface area is 394 Å². The second-order valence-corrected chi connectivity index (χ2v) is 17.1. The minimum atomic E-state index is -0.823. The van der Waals surface area contributed by atoms with Crippen molar-refractivity contribution in [2.45, 2.75) is 239 Å². The van der Waals surface area contributed by atoms with Gasteiger partial charge in [0.25, 0.3) is 0 Å². The van der Waals surface area contributed by atoms with Crippen LogP contribution in [0.25, 0.3) is 0 Å². The van der Waals surface area contributed by atoms with Crippen molar-refractivity contribution in [3.05, 3.63) is 97.2 Å². The van der Waals surface area contributed by atoms with E-state index in [4.69, 9.17) is 14.2 Å². The third-order valence-corrected chi connectivity index (χ3v) is 10.8. The lowest BCUT2D eigenvalue weighted by molar-refractivity contribution is -0.167. The molecule has 6 nitrogen and oxygen atoms in total. The Bertz CT molecular complexity index is 1300. The molecule has 0 saturated carbocycles. The molecule has 0 fully saturated rings. The Morgan fingerprint density at radius 1 is 0.328 bits per heavy atom. The average molecular weight is 889 g/mol. The number of carbonyl (C=O) groups excluding carboxylic acids is 3. The molecular formula is C58H96O6. The monoisotopic (exact) mass is 889 g/mol. The summed E-state index contributed by atoms with van der Waals surface area (Å²) in [4.78, 5) is 37.9. The Balaban J connectivity index is 4.51. The van der Waals surface area contributed by atoms with Gasteiger partial charge >= 0.3 is 17.9 Å². The van der Waals surface area contributed by atoms with Crippen LogP contribution in [0.15, 0.2) is 97.2 Å². The summed E-state index contributed by atoms with van der Waals surface area (Å²) >= 11 is 0. The molecule has 1 atom stereocenters. The number of esters is 3. The van der Waals surface area contributed by atoms with E-state index in [9.17, 15) is 14.4 Å². The van der Waals surface area contributed by atoms with Crippen LogP contribution in [-0.2, 0) is 28.6 Å². The molecule has 0 aliphatic rings. The third kappa shape index (κ3) is 49.3. The lowest BCUT2D eigenvalue weighted by Crippen LogP contribution is -2.30. The van der Waals surface area contributed by atoms with E-state index in [-0.39, 0.29) is 37.5 Å². The summed E-state index contributed by atoms with van der Waals surface area (Å²) in [7, 11) is 0. The predicted octanol–water partition coefficient (Wildman–Crippen LogP) is 17.4. The van der Waals surface area contributed by atoms with E-state index in [1.54, 1.807) is 0 Å². The minimum absolute atomic E-state index is 0.117. The maximum Gasteiger partial charge on any atom is 0.306 e. The van der Waals surface area contributed by atoms with Gasteiger partial charge in [-0.2, -0.15) is 0 Å². The maximum atomic E-state index is 12.8. The first-order chi connectivity index (χ1) is 31.5. The SMILES string of the molecule is CCCC/C=C\C=C/CCCCCC(=O)OCC(COC(=O)CCCCCCC/C=C\C=C/CCCCCCCCC)OC(=O)CCC/C=C\C/C=C\C/C=C\C/C=C\CCCCC. The molecule has 0 radical (unpaired) electrons. The summed E-state index contributed by atoms with van der Waals surface area (Å²) in [6.07, 6.45) is 68.3. The highest BCUT2D eigenvalue weighted by Gasteiger charge is 2.19. The van der Waals surface area contributed by atoms with Gasteiger partial charge in [0.1, 0.15) is 13.2 Å². The molecule has 0 aromatic heterocycles. The zero-order valence-corrected chi connectivity index (χ0v) is 41.5. The molecule has 0 spiro atoms. The zero-order valence-electron chi connectivity index (χ0n) is 41.5. The fraction of sp³-hybridized carbons (Fsp3) is 0.672. The lowest BCUT2D eigenvalue weighted by atomic mass is 10.1. The zero-order chi connectivity index (χ0) is 46.5. The Morgan fingerprint density at radius 3 is 1.11 bits per heavy atom. The number of hydrogen-bond acceptors (Lipinski definition) is 6. The van der Waals surface area contributed by atoms with Crippen LogP contribution in [0.1, 0.15) is 233 Å². The summed E-state index contributed by atoms with van der Waals surface area (Å²) < 4.78 is 16.7. The number of hydrogen-bond donors (Lipinski definition) is 0. The molecule has 0 heterocycles. The van der Waals surface area contributed by atoms with Crippen molar-refractivity contribution in [2.75, 3.05) is 13.2 Å².